The highest BCUT2D eigenvalue weighted by Crippen LogP contribution is 2.25. The number of aromatic nitrogens is 1. The molecule has 3 rings (SSSR count). The van der Waals surface area contributed by atoms with E-state index in [1.54, 1.807) is 17.2 Å². The van der Waals surface area contributed by atoms with Crippen LogP contribution < -0.4 is 5.73 Å². The fraction of sp³-hybridized carbons (Fsp3) is 0.333. The number of pyridine rings is 1. The van der Waals surface area contributed by atoms with E-state index >= 15 is 0 Å². The van der Waals surface area contributed by atoms with Gasteiger partial charge in [0.25, 0.3) is 0 Å². The minimum absolute atomic E-state index is 0.0359. The maximum atomic E-state index is 12.4. The third-order valence-corrected chi connectivity index (χ3v) is 4.05. The summed E-state index contributed by atoms with van der Waals surface area (Å²) in [6.45, 7) is 3.09. The molecule has 2 atom stereocenters. The lowest BCUT2D eigenvalue weighted by molar-refractivity contribution is -0.0562. The van der Waals surface area contributed by atoms with E-state index in [9.17, 15) is 4.79 Å². The minimum atomic E-state index is -0.331. The fourth-order valence-electron chi connectivity index (χ4n) is 2.62. The van der Waals surface area contributed by atoms with Crippen LogP contribution in [0.4, 0.5) is 10.6 Å². The van der Waals surface area contributed by atoms with Gasteiger partial charge in [-0.3, -0.25) is 0 Å². The number of ether oxygens (including phenoxy) is 2. The highest BCUT2D eigenvalue weighted by molar-refractivity contribution is 5.68. The molecule has 126 valence electrons. The zero-order chi connectivity index (χ0) is 16.9. The number of carbonyl (C=O) groups excluding carboxylic acids is 1. The van der Waals surface area contributed by atoms with Crippen LogP contribution in [0.1, 0.15) is 24.2 Å². The van der Waals surface area contributed by atoms with E-state index in [0.717, 1.165) is 11.1 Å². The number of anilines is 1. The van der Waals surface area contributed by atoms with Gasteiger partial charge in [-0.1, -0.05) is 36.4 Å². The average molecular weight is 327 g/mol. The van der Waals surface area contributed by atoms with Gasteiger partial charge in [-0.15, -0.1) is 0 Å². The van der Waals surface area contributed by atoms with Crippen molar-refractivity contribution in [1.29, 1.82) is 0 Å². The first-order valence-electron chi connectivity index (χ1n) is 7.94. The maximum Gasteiger partial charge on any atom is 0.410 e. The lowest BCUT2D eigenvalue weighted by Crippen LogP contribution is -2.48. The van der Waals surface area contributed by atoms with Crippen molar-refractivity contribution < 1.29 is 14.3 Å². The fourth-order valence-corrected chi connectivity index (χ4v) is 2.62. The lowest BCUT2D eigenvalue weighted by atomic mass is 10.1. The van der Waals surface area contributed by atoms with Crippen molar-refractivity contribution in [2.75, 3.05) is 18.9 Å². The number of benzene rings is 1. The summed E-state index contributed by atoms with van der Waals surface area (Å²) in [6, 6.07) is 13.2. The van der Waals surface area contributed by atoms with E-state index < -0.39 is 0 Å². The van der Waals surface area contributed by atoms with Gasteiger partial charge in [-0.2, -0.15) is 0 Å². The van der Waals surface area contributed by atoms with Crippen molar-refractivity contribution in [2.45, 2.75) is 25.7 Å². The molecular formula is C18H21N3O3. The smallest absolute Gasteiger partial charge is 0.410 e. The second-order valence-electron chi connectivity index (χ2n) is 5.88. The number of hydrogen-bond acceptors (Lipinski definition) is 5. The van der Waals surface area contributed by atoms with Crippen molar-refractivity contribution in [3.8, 4) is 0 Å². The number of hydrogen-bond donors (Lipinski definition) is 1. The first kappa shape index (κ1) is 16.3. The van der Waals surface area contributed by atoms with Crippen LogP contribution >= 0.6 is 0 Å². The Kier molecular flexibility index (Phi) is 4.96. The summed E-state index contributed by atoms with van der Waals surface area (Å²) in [6.07, 6.45) is 1.13. The van der Waals surface area contributed by atoms with Crippen LogP contribution in [0, 0.1) is 0 Å². The molecule has 2 aromatic rings. The Bertz CT molecular complexity index is 676. The normalized spacial score (nSPS) is 20.6. The van der Waals surface area contributed by atoms with Crippen LogP contribution in [0.5, 0.6) is 0 Å². The van der Waals surface area contributed by atoms with Crippen molar-refractivity contribution in [3.63, 3.8) is 0 Å². The molecule has 1 aliphatic rings. The first-order valence-corrected chi connectivity index (χ1v) is 7.94. The van der Waals surface area contributed by atoms with Crippen molar-refractivity contribution in [2.24, 2.45) is 0 Å². The van der Waals surface area contributed by atoms with Crippen LogP contribution in [-0.2, 0) is 16.1 Å². The Labute approximate surface area is 141 Å². The summed E-state index contributed by atoms with van der Waals surface area (Å²) in [5.74, 6) is 0.460. The van der Waals surface area contributed by atoms with Crippen LogP contribution in [-0.4, -0.2) is 35.2 Å². The SMILES string of the molecule is C[C@H]1CO[C@H](c2ccc(N)nc2)CN1C(=O)OCc1ccccc1. The Hall–Kier alpha value is -2.60. The van der Waals surface area contributed by atoms with Crippen molar-refractivity contribution >= 4 is 11.9 Å². The number of rotatable bonds is 3. The molecule has 1 amide bonds. The van der Waals surface area contributed by atoms with Crippen LogP contribution in [0.15, 0.2) is 48.7 Å². The molecule has 0 spiro atoms. The molecule has 1 fully saturated rings. The molecule has 6 nitrogen and oxygen atoms in total. The van der Waals surface area contributed by atoms with Gasteiger partial charge in [0.15, 0.2) is 0 Å². The first-order chi connectivity index (χ1) is 11.6. The van der Waals surface area contributed by atoms with Crippen molar-refractivity contribution in [1.82, 2.24) is 9.88 Å². The van der Waals surface area contributed by atoms with Gasteiger partial charge >= 0.3 is 6.09 Å². The van der Waals surface area contributed by atoms with Gasteiger partial charge < -0.3 is 20.1 Å². The number of morpholine rings is 1. The zero-order valence-corrected chi connectivity index (χ0v) is 13.6. The van der Waals surface area contributed by atoms with E-state index in [1.807, 2.05) is 43.3 Å². The van der Waals surface area contributed by atoms with Gasteiger partial charge in [-0.05, 0) is 18.6 Å². The minimum Gasteiger partial charge on any atom is -0.445 e. The summed E-state index contributed by atoms with van der Waals surface area (Å²) < 4.78 is 11.3. The molecule has 2 N–H and O–H groups in total. The lowest BCUT2D eigenvalue weighted by Gasteiger charge is -2.37. The molecule has 0 bridgehead atoms. The van der Waals surface area contributed by atoms with E-state index in [2.05, 4.69) is 4.98 Å². The molecule has 1 saturated heterocycles. The van der Waals surface area contributed by atoms with Crippen LogP contribution in [0.3, 0.4) is 0 Å². The van der Waals surface area contributed by atoms with Crippen molar-refractivity contribution in [3.05, 3.63) is 59.8 Å². The summed E-state index contributed by atoms with van der Waals surface area (Å²) >= 11 is 0. The van der Waals surface area contributed by atoms with Gasteiger partial charge in [0.05, 0.1) is 19.2 Å². The standard InChI is InChI=1S/C18H21N3O3/c1-13-11-23-16(15-7-8-17(19)20-9-15)10-21(13)18(22)24-12-14-5-3-2-4-6-14/h2-9,13,16H,10-12H2,1H3,(H2,19,20)/t13-,16-/m0/s1. The predicted molar refractivity (Wildman–Crippen MR) is 90.1 cm³/mol. The highest BCUT2D eigenvalue weighted by Gasteiger charge is 2.31. The summed E-state index contributed by atoms with van der Waals surface area (Å²) in [5.41, 5.74) is 7.48. The van der Waals surface area contributed by atoms with Crippen LogP contribution in [0.25, 0.3) is 0 Å². The molecular weight excluding hydrogens is 306 g/mol. The Morgan fingerprint density at radius 2 is 2.12 bits per heavy atom. The Morgan fingerprint density at radius 1 is 1.33 bits per heavy atom. The second kappa shape index (κ2) is 7.31. The van der Waals surface area contributed by atoms with E-state index in [1.165, 1.54) is 0 Å². The zero-order valence-electron chi connectivity index (χ0n) is 13.6. The Morgan fingerprint density at radius 3 is 2.83 bits per heavy atom. The van der Waals surface area contributed by atoms with E-state index in [0.29, 0.717) is 19.0 Å². The third kappa shape index (κ3) is 3.83. The number of nitrogen functional groups attached to an aromatic ring is 1. The molecule has 1 aromatic carbocycles. The number of carbonyl (C=O) groups is 1. The molecule has 0 aliphatic carbocycles. The topological polar surface area (TPSA) is 77.7 Å². The van der Waals surface area contributed by atoms with Gasteiger partial charge in [0.2, 0.25) is 0 Å². The predicted octanol–water partition coefficient (Wildman–Crippen LogP) is 2.76. The highest BCUT2D eigenvalue weighted by atomic mass is 16.6. The van der Waals surface area contributed by atoms with Gasteiger partial charge in [0.1, 0.15) is 18.5 Å². The molecule has 2 heterocycles. The van der Waals surface area contributed by atoms with Crippen LogP contribution in [0.2, 0.25) is 0 Å². The van der Waals surface area contributed by atoms with Gasteiger partial charge in [0, 0.05) is 11.8 Å². The summed E-state index contributed by atoms with van der Waals surface area (Å²) in [5, 5.41) is 0. The average Bonchev–Trinajstić information content (AvgIpc) is 2.62. The quantitative estimate of drug-likeness (QED) is 0.938. The Balaban J connectivity index is 1.62. The number of amides is 1. The molecule has 6 heteroatoms. The molecule has 0 saturated carbocycles. The maximum absolute atomic E-state index is 12.4. The molecule has 0 radical (unpaired) electrons. The summed E-state index contributed by atoms with van der Waals surface area (Å²) in [7, 11) is 0. The largest absolute Gasteiger partial charge is 0.445 e. The monoisotopic (exact) mass is 327 g/mol. The second-order valence-corrected chi connectivity index (χ2v) is 5.88. The third-order valence-electron chi connectivity index (χ3n) is 4.05. The summed E-state index contributed by atoms with van der Waals surface area (Å²) in [4.78, 5) is 18.2. The molecule has 0 unspecified atom stereocenters. The number of nitrogens with two attached hydrogens (primary N) is 1. The van der Waals surface area contributed by atoms with E-state index in [4.69, 9.17) is 15.2 Å². The van der Waals surface area contributed by atoms with E-state index in [-0.39, 0.29) is 24.8 Å². The van der Waals surface area contributed by atoms with Gasteiger partial charge in [-0.25, -0.2) is 9.78 Å². The molecule has 1 aromatic heterocycles. The number of nitrogens with zero attached hydrogens (tertiary/aromatic N) is 2. The molecule has 1 aliphatic heterocycles. The molecule has 24 heavy (non-hydrogen) atoms.